The molecule has 0 fully saturated rings. The topological polar surface area (TPSA) is 42.2 Å². The second kappa shape index (κ2) is 6.00. The number of benzene rings is 1. The van der Waals surface area contributed by atoms with Crippen LogP contribution in [0.3, 0.4) is 0 Å². The molecule has 0 radical (unpaired) electrons. The molecule has 4 heteroatoms. The van der Waals surface area contributed by atoms with Gasteiger partial charge >= 0.3 is 0 Å². The summed E-state index contributed by atoms with van der Waals surface area (Å²) in [7, 11) is 1.61. The Balaban J connectivity index is 1.95. The number of methoxy groups -OCH3 is 1. The zero-order chi connectivity index (χ0) is 13.7. The molecule has 1 amide bonds. The maximum atomic E-state index is 11.9. The summed E-state index contributed by atoms with van der Waals surface area (Å²) in [6.45, 7) is 2.31. The number of aromatic nitrogens is 1. The Bertz CT molecular complexity index is 547. The van der Waals surface area contributed by atoms with Crippen LogP contribution in [0.4, 0.5) is 5.69 Å². The van der Waals surface area contributed by atoms with Crippen molar-refractivity contribution in [3.8, 4) is 5.75 Å². The number of rotatable bonds is 4. The van der Waals surface area contributed by atoms with Crippen molar-refractivity contribution in [1.29, 1.82) is 0 Å². The molecule has 4 nitrogen and oxygen atoms in total. The van der Waals surface area contributed by atoms with Gasteiger partial charge in [-0.3, -0.25) is 4.79 Å². The summed E-state index contributed by atoms with van der Waals surface area (Å²) >= 11 is 0. The normalized spacial score (nSPS) is 10.0. The van der Waals surface area contributed by atoms with Gasteiger partial charge in [-0.15, -0.1) is 0 Å². The molecule has 19 heavy (non-hydrogen) atoms. The summed E-state index contributed by atoms with van der Waals surface area (Å²) in [6.07, 6.45) is 3.78. The van der Waals surface area contributed by atoms with E-state index in [1.165, 1.54) is 5.56 Å². The van der Waals surface area contributed by atoms with E-state index in [0.29, 0.717) is 6.54 Å². The van der Waals surface area contributed by atoms with Crippen LogP contribution < -0.4 is 14.6 Å². The van der Waals surface area contributed by atoms with Gasteiger partial charge < -0.3 is 10.1 Å². The Morgan fingerprint density at radius 1 is 1.16 bits per heavy atom. The van der Waals surface area contributed by atoms with Crippen LogP contribution in [-0.4, -0.2) is 13.0 Å². The molecule has 0 saturated heterocycles. The van der Waals surface area contributed by atoms with Crippen molar-refractivity contribution >= 4 is 11.6 Å². The van der Waals surface area contributed by atoms with Crippen LogP contribution in [0.1, 0.15) is 5.56 Å². The number of anilines is 1. The minimum atomic E-state index is -0.0565. The van der Waals surface area contributed by atoms with Gasteiger partial charge in [0, 0.05) is 17.8 Å². The summed E-state index contributed by atoms with van der Waals surface area (Å²) in [4.78, 5) is 11.9. The van der Waals surface area contributed by atoms with Gasteiger partial charge in [0.2, 0.25) is 6.54 Å². The second-order valence-corrected chi connectivity index (χ2v) is 4.32. The standard InChI is InChI=1S/C15H16N2O2/c1-12-7-9-17(10-8-12)11-15(18)16-13-3-5-14(19-2)6-4-13/h3-10H,11H2,1-2H3/p+1. The Morgan fingerprint density at radius 3 is 2.37 bits per heavy atom. The Morgan fingerprint density at radius 2 is 1.79 bits per heavy atom. The van der Waals surface area contributed by atoms with E-state index >= 15 is 0 Å². The first-order chi connectivity index (χ1) is 9.17. The zero-order valence-electron chi connectivity index (χ0n) is 11.1. The van der Waals surface area contributed by atoms with E-state index in [1.807, 2.05) is 60.3 Å². The number of hydrogen-bond donors (Lipinski definition) is 1. The lowest BCUT2D eigenvalue weighted by atomic mass is 10.3. The maximum Gasteiger partial charge on any atom is 0.290 e. The minimum Gasteiger partial charge on any atom is -0.497 e. The third-order valence-corrected chi connectivity index (χ3v) is 2.76. The van der Waals surface area contributed by atoms with Crippen LogP contribution >= 0.6 is 0 Å². The number of carbonyl (C=O) groups is 1. The van der Waals surface area contributed by atoms with E-state index in [0.717, 1.165) is 11.4 Å². The average Bonchev–Trinajstić information content (AvgIpc) is 2.42. The lowest BCUT2D eigenvalue weighted by Gasteiger charge is -2.04. The minimum absolute atomic E-state index is 0.0565. The Hall–Kier alpha value is -2.36. The van der Waals surface area contributed by atoms with E-state index in [4.69, 9.17) is 4.74 Å². The van der Waals surface area contributed by atoms with Gasteiger partial charge in [-0.05, 0) is 36.8 Å². The van der Waals surface area contributed by atoms with Crippen molar-refractivity contribution in [1.82, 2.24) is 0 Å². The number of carbonyl (C=O) groups excluding carboxylic acids is 1. The molecule has 0 spiro atoms. The summed E-state index contributed by atoms with van der Waals surface area (Å²) in [6, 6.07) is 11.2. The maximum absolute atomic E-state index is 11.9. The van der Waals surface area contributed by atoms with Crippen LogP contribution in [0.2, 0.25) is 0 Å². The molecule has 1 heterocycles. The predicted molar refractivity (Wildman–Crippen MR) is 73.0 cm³/mol. The zero-order valence-corrected chi connectivity index (χ0v) is 11.1. The molecule has 0 atom stereocenters. The predicted octanol–water partition coefficient (Wildman–Crippen LogP) is 1.93. The van der Waals surface area contributed by atoms with Gasteiger partial charge in [-0.25, -0.2) is 0 Å². The van der Waals surface area contributed by atoms with Crippen molar-refractivity contribution in [2.24, 2.45) is 0 Å². The molecule has 1 aromatic heterocycles. The highest BCUT2D eigenvalue weighted by atomic mass is 16.5. The lowest BCUT2D eigenvalue weighted by molar-refractivity contribution is -0.684. The molecule has 1 aromatic carbocycles. The fourth-order valence-electron chi connectivity index (χ4n) is 1.68. The number of amides is 1. The largest absolute Gasteiger partial charge is 0.497 e. The lowest BCUT2D eigenvalue weighted by Crippen LogP contribution is -2.39. The molecule has 0 aliphatic rings. The fourth-order valence-corrected chi connectivity index (χ4v) is 1.68. The highest BCUT2D eigenvalue weighted by molar-refractivity contribution is 5.89. The molecule has 0 bridgehead atoms. The molecule has 98 valence electrons. The van der Waals surface area contributed by atoms with Crippen molar-refractivity contribution in [2.45, 2.75) is 13.5 Å². The molecule has 0 aliphatic carbocycles. The Kier molecular flexibility index (Phi) is 4.13. The van der Waals surface area contributed by atoms with Gasteiger partial charge in [0.1, 0.15) is 5.75 Å². The van der Waals surface area contributed by atoms with E-state index < -0.39 is 0 Å². The quantitative estimate of drug-likeness (QED) is 0.850. The van der Waals surface area contributed by atoms with Gasteiger partial charge in [0.15, 0.2) is 12.4 Å². The summed E-state index contributed by atoms with van der Waals surface area (Å²) < 4.78 is 6.90. The molecule has 0 unspecified atom stereocenters. The van der Waals surface area contributed by atoms with E-state index in [-0.39, 0.29) is 5.91 Å². The highest BCUT2D eigenvalue weighted by Crippen LogP contribution is 2.14. The molecule has 0 aliphatic heterocycles. The third-order valence-electron chi connectivity index (χ3n) is 2.76. The number of ether oxygens (including phenoxy) is 1. The van der Waals surface area contributed by atoms with Gasteiger partial charge in [0.05, 0.1) is 7.11 Å². The first-order valence-electron chi connectivity index (χ1n) is 6.07. The van der Waals surface area contributed by atoms with E-state index in [1.54, 1.807) is 7.11 Å². The van der Waals surface area contributed by atoms with Crippen molar-refractivity contribution in [3.05, 3.63) is 54.4 Å². The van der Waals surface area contributed by atoms with Crippen LogP contribution in [0.15, 0.2) is 48.8 Å². The van der Waals surface area contributed by atoms with Gasteiger partial charge in [-0.2, -0.15) is 4.57 Å². The van der Waals surface area contributed by atoms with E-state index in [2.05, 4.69) is 5.32 Å². The molecule has 2 aromatic rings. The number of pyridine rings is 1. The fraction of sp³-hybridized carbons (Fsp3) is 0.200. The summed E-state index contributed by atoms with van der Waals surface area (Å²) in [5.41, 5.74) is 1.94. The number of aryl methyl sites for hydroxylation is 1. The first-order valence-corrected chi connectivity index (χ1v) is 6.07. The Labute approximate surface area is 112 Å². The molecule has 0 saturated carbocycles. The number of nitrogens with zero attached hydrogens (tertiary/aromatic N) is 1. The monoisotopic (exact) mass is 257 g/mol. The van der Waals surface area contributed by atoms with Gasteiger partial charge in [-0.1, -0.05) is 0 Å². The van der Waals surface area contributed by atoms with Crippen molar-refractivity contribution in [3.63, 3.8) is 0 Å². The van der Waals surface area contributed by atoms with Crippen molar-refractivity contribution in [2.75, 3.05) is 12.4 Å². The average molecular weight is 257 g/mol. The molecular formula is C15H17N2O2+. The second-order valence-electron chi connectivity index (χ2n) is 4.32. The smallest absolute Gasteiger partial charge is 0.290 e. The SMILES string of the molecule is COc1ccc(NC(=O)C[n+]2ccc(C)cc2)cc1. The van der Waals surface area contributed by atoms with Gasteiger partial charge in [0.25, 0.3) is 5.91 Å². The number of nitrogens with one attached hydrogen (secondary N) is 1. The third kappa shape index (κ3) is 3.81. The molecular weight excluding hydrogens is 240 g/mol. The number of hydrogen-bond acceptors (Lipinski definition) is 2. The van der Waals surface area contributed by atoms with E-state index in [9.17, 15) is 4.79 Å². The summed E-state index contributed by atoms with van der Waals surface area (Å²) in [5.74, 6) is 0.713. The van der Waals surface area contributed by atoms with Crippen LogP contribution in [0.5, 0.6) is 5.75 Å². The molecule has 2 rings (SSSR count). The summed E-state index contributed by atoms with van der Waals surface area (Å²) in [5, 5.41) is 2.84. The molecule has 1 N–H and O–H groups in total. The first kappa shape index (κ1) is 13.1. The van der Waals surface area contributed by atoms with Crippen LogP contribution in [-0.2, 0) is 11.3 Å². The van der Waals surface area contributed by atoms with Crippen molar-refractivity contribution < 1.29 is 14.1 Å². The van der Waals surface area contributed by atoms with Crippen LogP contribution in [0, 0.1) is 6.92 Å². The highest BCUT2D eigenvalue weighted by Gasteiger charge is 2.09. The van der Waals surface area contributed by atoms with Crippen LogP contribution in [0.25, 0.3) is 0 Å².